The summed E-state index contributed by atoms with van der Waals surface area (Å²) < 4.78 is 37.9. The monoisotopic (exact) mass is 288 g/mol. The lowest BCUT2D eigenvalue weighted by molar-refractivity contribution is -0.137. The summed E-state index contributed by atoms with van der Waals surface area (Å²) in [5.41, 5.74) is -0.0851. The third-order valence-electron chi connectivity index (χ3n) is 3.31. The van der Waals surface area contributed by atoms with Crippen LogP contribution in [0.4, 0.5) is 23.7 Å². The summed E-state index contributed by atoms with van der Waals surface area (Å²) in [4.78, 5) is 13.3. The first-order chi connectivity index (χ1) is 9.31. The molecule has 0 radical (unpaired) electrons. The number of aryl methyl sites for hydroxylation is 1. The molecule has 1 aromatic carbocycles. The number of halogens is 3. The topological polar surface area (TPSA) is 52.6 Å². The Labute approximate surface area is 114 Å². The molecule has 1 aliphatic heterocycles. The van der Waals surface area contributed by atoms with Gasteiger partial charge in [-0.25, -0.2) is 4.79 Å². The van der Waals surface area contributed by atoms with Gasteiger partial charge < -0.3 is 15.3 Å². The fourth-order valence-corrected chi connectivity index (χ4v) is 1.98. The molecule has 1 aromatic rings. The summed E-state index contributed by atoms with van der Waals surface area (Å²) >= 11 is 0. The molecule has 0 spiro atoms. The van der Waals surface area contributed by atoms with E-state index in [2.05, 4.69) is 5.32 Å². The number of hydrogen-bond acceptors (Lipinski definition) is 2. The number of likely N-dealkylation sites (tertiary alicyclic amines) is 1. The molecular weight excluding hydrogens is 273 g/mol. The SMILES string of the molecule is Cc1ccc(C(F)(F)F)cc1NC(=O)N1CC(CO)C1. The average molecular weight is 288 g/mol. The van der Waals surface area contributed by atoms with Gasteiger partial charge >= 0.3 is 12.2 Å². The summed E-state index contributed by atoms with van der Waals surface area (Å²) in [6.07, 6.45) is -4.44. The number of aliphatic hydroxyl groups excluding tert-OH is 1. The highest BCUT2D eigenvalue weighted by Gasteiger charge is 2.32. The lowest BCUT2D eigenvalue weighted by Gasteiger charge is -2.38. The van der Waals surface area contributed by atoms with Gasteiger partial charge in [0.05, 0.1) is 5.56 Å². The highest BCUT2D eigenvalue weighted by molar-refractivity contribution is 5.90. The van der Waals surface area contributed by atoms with Crippen molar-refractivity contribution in [1.82, 2.24) is 4.90 Å². The Bertz CT molecular complexity index is 511. The maximum Gasteiger partial charge on any atom is 0.416 e. The lowest BCUT2D eigenvalue weighted by atomic mass is 10.0. The summed E-state index contributed by atoms with van der Waals surface area (Å²) in [6, 6.07) is 2.79. The normalized spacial score (nSPS) is 15.9. The molecule has 0 saturated carbocycles. The molecule has 2 amide bonds. The van der Waals surface area contributed by atoms with Crippen LogP contribution in [0.25, 0.3) is 0 Å². The molecule has 1 saturated heterocycles. The number of hydrogen-bond donors (Lipinski definition) is 2. The molecule has 4 nitrogen and oxygen atoms in total. The van der Waals surface area contributed by atoms with Gasteiger partial charge in [-0.3, -0.25) is 0 Å². The number of alkyl halides is 3. The number of benzene rings is 1. The molecule has 2 N–H and O–H groups in total. The fraction of sp³-hybridized carbons (Fsp3) is 0.462. The van der Waals surface area contributed by atoms with Gasteiger partial charge in [-0.15, -0.1) is 0 Å². The zero-order valence-corrected chi connectivity index (χ0v) is 10.9. The van der Waals surface area contributed by atoms with Crippen LogP contribution in [-0.2, 0) is 6.18 Å². The number of nitrogens with one attached hydrogen (secondary N) is 1. The van der Waals surface area contributed by atoms with Crippen molar-refractivity contribution in [3.05, 3.63) is 29.3 Å². The van der Waals surface area contributed by atoms with E-state index in [-0.39, 0.29) is 18.2 Å². The number of carbonyl (C=O) groups is 1. The van der Waals surface area contributed by atoms with Crippen molar-refractivity contribution in [3.8, 4) is 0 Å². The number of amides is 2. The number of anilines is 1. The minimum absolute atomic E-state index is 0.00632. The smallest absolute Gasteiger partial charge is 0.396 e. The molecule has 0 aromatic heterocycles. The minimum atomic E-state index is -4.44. The van der Waals surface area contributed by atoms with Crippen LogP contribution in [0.2, 0.25) is 0 Å². The van der Waals surface area contributed by atoms with Gasteiger partial charge in [0.1, 0.15) is 0 Å². The lowest BCUT2D eigenvalue weighted by Crippen LogP contribution is -2.52. The first-order valence-electron chi connectivity index (χ1n) is 6.16. The molecule has 7 heteroatoms. The Balaban J connectivity index is 2.07. The number of aliphatic hydroxyl groups is 1. The fourth-order valence-electron chi connectivity index (χ4n) is 1.98. The van der Waals surface area contributed by atoms with E-state index in [4.69, 9.17) is 5.11 Å². The molecule has 0 unspecified atom stereocenters. The Kier molecular flexibility index (Phi) is 3.89. The molecule has 1 aliphatic rings. The van der Waals surface area contributed by atoms with Gasteiger partial charge in [-0.1, -0.05) is 6.07 Å². The summed E-state index contributed by atoms with van der Waals surface area (Å²) in [7, 11) is 0. The van der Waals surface area contributed by atoms with Crippen LogP contribution in [0.15, 0.2) is 18.2 Å². The number of carbonyl (C=O) groups excluding carboxylic acids is 1. The van der Waals surface area contributed by atoms with Crippen LogP contribution in [0.3, 0.4) is 0 Å². The zero-order chi connectivity index (χ0) is 14.9. The van der Waals surface area contributed by atoms with Crippen molar-refractivity contribution in [1.29, 1.82) is 0 Å². The van der Waals surface area contributed by atoms with E-state index in [1.165, 1.54) is 11.0 Å². The van der Waals surface area contributed by atoms with Gasteiger partial charge in [0.2, 0.25) is 0 Å². The van der Waals surface area contributed by atoms with Crippen LogP contribution < -0.4 is 5.32 Å². The van der Waals surface area contributed by atoms with Crippen molar-refractivity contribution < 1.29 is 23.1 Å². The van der Waals surface area contributed by atoms with Crippen LogP contribution in [0.1, 0.15) is 11.1 Å². The summed E-state index contributed by atoms with van der Waals surface area (Å²) in [6.45, 7) is 2.47. The van der Waals surface area contributed by atoms with Gasteiger partial charge in [-0.2, -0.15) is 13.2 Å². The van der Waals surface area contributed by atoms with E-state index < -0.39 is 17.8 Å². The van der Waals surface area contributed by atoms with E-state index in [1.807, 2.05) is 0 Å². The van der Waals surface area contributed by atoms with Crippen molar-refractivity contribution in [2.75, 3.05) is 25.0 Å². The van der Waals surface area contributed by atoms with Crippen molar-refractivity contribution in [2.45, 2.75) is 13.1 Å². The van der Waals surface area contributed by atoms with Gasteiger partial charge in [0, 0.05) is 31.3 Å². The van der Waals surface area contributed by atoms with Crippen molar-refractivity contribution in [3.63, 3.8) is 0 Å². The number of urea groups is 1. The number of nitrogens with zero attached hydrogens (tertiary/aromatic N) is 1. The molecule has 0 bridgehead atoms. The molecular formula is C13H15F3N2O2. The second-order valence-electron chi connectivity index (χ2n) is 4.91. The van der Waals surface area contributed by atoms with Crippen LogP contribution in [-0.4, -0.2) is 35.7 Å². The predicted molar refractivity (Wildman–Crippen MR) is 67.3 cm³/mol. The molecule has 1 fully saturated rings. The minimum Gasteiger partial charge on any atom is -0.396 e. The molecule has 20 heavy (non-hydrogen) atoms. The van der Waals surface area contributed by atoms with Crippen molar-refractivity contribution >= 4 is 11.7 Å². The molecule has 0 atom stereocenters. The van der Waals surface area contributed by atoms with Crippen molar-refractivity contribution in [2.24, 2.45) is 5.92 Å². The first-order valence-corrected chi connectivity index (χ1v) is 6.16. The zero-order valence-electron chi connectivity index (χ0n) is 10.9. The Morgan fingerprint density at radius 1 is 1.45 bits per heavy atom. The average Bonchev–Trinajstić information content (AvgIpc) is 2.29. The maximum absolute atomic E-state index is 12.6. The summed E-state index contributed by atoms with van der Waals surface area (Å²) in [5.74, 6) is 0.0587. The van der Waals surface area contributed by atoms with E-state index in [0.29, 0.717) is 18.7 Å². The van der Waals surface area contributed by atoms with Crippen LogP contribution in [0, 0.1) is 12.8 Å². The third-order valence-corrected chi connectivity index (χ3v) is 3.31. The predicted octanol–water partition coefficient (Wildman–Crippen LogP) is 2.47. The largest absolute Gasteiger partial charge is 0.416 e. The maximum atomic E-state index is 12.6. The van der Waals surface area contributed by atoms with E-state index in [9.17, 15) is 18.0 Å². The van der Waals surface area contributed by atoms with E-state index in [0.717, 1.165) is 12.1 Å². The number of rotatable bonds is 2. The Morgan fingerprint density at radius 2 is 2.10 bits per heavy atom. The van der Waals surface area contributed by atoms with Gasteiger partial charge in [-0.05, 0) is 24.6 Å². The van der Waals surface area contributed by atoms with Gasteiger partial charge in [0.15, 0.2) is 0 Å². The second-order valence-corrected chi connectivity index (χ2v) is 4.91. The van der Waals surface area contributed by atoms with Crippen LogP contribution in [0.5, 0.6) is 0 Å². The molecule has 110 valence electrons. The highest BCUT2D eigenvalue weighted by atomic mass is 19.4. The Hall–Kier alpha value is -1.76. The van der Waals surface area contributed by atoms with Gasteiger partial charge in [0.25, 0.3) is 0 Å². The first kappa shape index (κ1) is 14.6. The van der Waals surface area contributed by atoms with E-state index >= 15 is 0 Å². The standard InChI is InChI=1S/C13H15F3N2O2/c1-8-2-3-10(13(14,15)16)4-11(8)17-12(20)18-5-9(6-18)7-19/h2-4,9,19H,5-7H2,1H3,(H,17,20). The van der Waals surface area contributed by atoms with Crippen LogP contribution >= 0.6 is 0 Å². The summed E-state index contributed by atoms with van der Waals surface area (Å²) in [5, 5.41) is 11.3. The van der Waals surface area contributed by atoms with E-state index in [1.54, 1.807) is 6.92 Å². The highest BCUT2D eigenvalue weighted by Crippen LogP contribution is 2.32. The quantitative estimate of drug-likeness (QED) is 0.878. The second kappa shape index (κ2) is 5.32. The third kappa shape index (κ3) is 3.04. The molecule has 2 rings (SSSR count). The molecule has 0 aliphatic carbocycles. The molecule has 1 heterocycles. The Morgan fingerprint density at radius 3 is 2.65 bits per heavy atom.